The molecule has 1 aromatic carbocycles. The second kappa shape index (κ2) is 8.60. The molecule has 0 atom stereocenters. The second-order valence-electron chi connectivity index (χ2n) is 7.56. The maximum absolute atomic E-state index is 4.86. The van der Waals surface area contributed by atoms with E-state index in [0.29, 0.717) is 10.9 Å². The number of fused-ring (bicyclic) bond motifs is 1. The van der Waals surface area contributed by atoms with E-state index in [1.54, 1.807) is 4.52 Å². The molecule has 158 valence electrons. The molecule has 0 aliphatic carbocycles. The first-order valence-electron chi connectivity index (χ1n) is 10.3. The van der Waals surface area contributed by atoms with Crippen LogP contribution in [0.1, 0.15) is 11.3 Å². The summed E-state index contributed by atoms with van der Waals surface area (Å²) >= 11 is 1.51. The van der Waals surface area contributed by atoms with E-state index >= 15 is 0 Å². The number of aromatic nitrogens is 6. The summed E-state index contributed by atoms with van der Waals surface area (Å²) in [5.74, 6) is 1.37. The highest BCUT2D eigenvalue weighted by atomic mass is 32.2. The SMILES string of the molecule is CSc1nc2ncc(-c3ccnc(N4CCN(Cc5ccccc5)CC4)n3)c(C)n2n1. The van der Waals surface area contributed by atoms with Crippen LogP contribution in [0.5, 0.6) is 0 Å². The summed E-state index contributed by atoms with van der Waals surface area (Å²) in [6, 6.07) is 12.6. The normalized spacial score (nSPS) is 15.0. The number of piperazine rings is 1. The standard InChI is InChI=1S/C22H24N8S/c1-16-18(14-24-21-26-22(31-2)27-30(16)21)19-8-9-23-20(25-19)29-12-10-28(11-13-29)15-17-6-4-3-5-7-17/h3-9,14H,10-13,15H2,1-2H3. The van der Waals surface area contributed by atoms with Crippen molar-refractivity contribution in [3.8, 4) is 11.3 Å². The van der Waals surface area contributed by atoms with Gasteiger partial charge < -0.3 is 4.90 Å². The number of rotatable bonds is 5. The molecule has 4 aromatic rings. The van der Waals surface area contributed by atoms with Crippen LogP contribution >= 0.6 is 11.8 Å². The molecule has 5 rings (SSSR count). The van der Waals surface area contributed by atoms with Gasteiger partial charge >= 0.3 is 0 Å². The summed E-state index contributed by atoms with van der Waals surface area (Å²) in [7, 11) is 0. The van der Waals surface area contributed by atoms with Gasteiger partial charge in [-0.1, -0.05) is 42.1 Å². The lowest BCUT2D eigenvalue weighted by molar-refractivity contribution is 0.248. The van der Waals surface area contributed by atoms with Crippen LogP contribution in [0.4, 0.5) is 5.95 Å². The first kappa shape index (κ1) is 19.9. The van der Waals surface area contributed by atoms with Crippen molar-refractivity contribution in [2.75, 3.05) is 37.3 Å². The molecule has 9 heteroatoms. The Bertz CT molecular complexity index is 1180. The zero-order valence-electron chi connectivity index (χ0n) is 17.6. The van der Waals surface area contributed by atoms with Crippen LogP contribution in [0.25, 0.3) is 17.0 Å². The molecular formula is C22H24N8S. The van der Waals surface area contributed by atoms with Gasteiger partial charge in [-0.05, 0) is 24.8 Å². The monoisotopic (exact) mass is 432 g/mol. The summed E-state index contributed by atoms with van der Waals surface area (Å²) < 4.78 is 1.78. The summed E-state index contributed by atoms with van der Waals surface area (Å²) in [6.07, 6.45) is 5.61. The molecule has 8 nitrogen and oxygen atoms in total. The largest absolute Gasteiger partial charge is 0.338 e. The van der Waals surface area contributed by atoms with Gasteiger partial charge in [0.05, 0.1) is 11.4 Å². The molecule has 1 aliphatic rings. The lowest BCUT2D eigenvalue weighted by atomic mass is 10.2. The van der Waals surface area contributed by atoms with Gasteiger partial charge in [0.15, 0.2) is 0 Å². The predicted molar refractivity (Wildman–Crippen MR) is 122 cm³/mol. The Morgan fingerprint density at radius 2 is 1.77 bits per heavy atom. The molecule has 0 amide bonds. The average molecular weight is 433 g/mol. The number of aryl methyl sites for hydroxylation is 1. The topological polar surface area (TPSA) is 75.3 Å². The fourth-order valence-corrected chi connectivity index (χ4v) is 4.20. The lowest BCUT2D eigenvalue weighted by Gasteiger charge is -2.34. The highest BCUT2D eigenvalue weighted by molar-refractivity contribution is 7.98. The van der Waals surface area contributed by atoms with Crippen LogP contribution in [0, 0.1) is 6.92 Å². The maximum atomic E-state index is 4.86. The minimum atomic E-state index is 0.606. The van der Waals surface area contributed by atoms with E-state index in [2.05, 4.69) is 60.2 Å². The number of hydrogen-bond donors (Lipinski definition) is 0. The third-order valence-electron chi connectivity index (χ3n) is 5.59. The molecule has 31 heavy (non-hydrogen) atoms. The number of hydrogen-bond acceptors (Lipinski definition) is 8. The van der Waals surface area contributed by atoms with Crippen molar-refractivity contribution < 1.29 is 0 Å². The van der Waals surface area contributed by atoms with Gasteiger partial charge in [0.25, 0.3) is 5.78 Å². The summed E-state index contributed by atoms with van der Waals surface area (Å²) in [5.41, 5.74) is 4.11. The van der Waals surface area contributed by atoms with Crippen LogP contribution in [-0.2, 0) is 6.54 Å². The Morgan fingerprint density at radius 3 is 2.55 bits per heavy atom. The van der Waals surface area contributed by atoms with Crippen LogP contribution < -0.4 is 4.90 Å². The van der Waals surface area contributed by atoms with Gasteiger partial charge in [-0.15, -0.1) is 5.10 Å². The molecule has 0 saturated carbocycles. The van der Waals surface area contributed by atoms with Crippen molar-refractivity contribution in [3.05, 3.63) is 60.0 Å². The smallest absolute Gasteiger partial charge is 0.253 e. The molecule has 1 fully saturated rings. The molecule has 0 radical (unpaired) electrons. The van der Waals surface area contributed by atoms with Crippen molar-refractivity contribution in [2.45, 2.75) is 18.6 Å². The van der Waals surface area contributed by atoms with E-state index in [1.807, 2.05) is 31.6 Å². The fourth-order valence-electron chi connectivity index (χ4n) is 3.86. The molecule has 0 unspecified atom stereocenters. The molecular weight excluding hydrogens is 408 g/mol. The van der Waals surface area contributed by atoms with Gasteiger partial charge in [0, 0.05) is 50.7 Å². The Hall–Kier alpha value is -3.04. The van der Waals surface area contributed by atoms with Crippen LogP contribution in [0.15, 0.2) is 53.9 Å². The molecule has 0 bridgehead atoms. The summed E-state index contributed by atoms with van der Waals surface area (Å²) in [4.78, 5) is 23.0. The molecule has 4 heterocycles. The van der Waals surface area contributed by atoms with Crippen molar-refractivity contribution in [1.29, 1.82) is 0 Å². The van der Waals surface area contributed by atoms with Crippen molar-refractivity contribution in [1.82, 2.24) is 34.4 Å². The van der Waals surface area contributed by atoms with Crippen LogP contribution in [0.2, 0.25) is 0 Å². The number of thioether (sulfide) groups is 1. The third kappa shape index (κ3) is 4.11. The highest BCUT2D eigenvalue weighted by Crippen LogP contribution is 2.24. The van der Waals surface area contributed by atoms with E-state index in [1.165, 1.54) is 17.3 Å². The van der Waals surface area contributed by atoms with Crippen LogP contribution in [-0.4, -0.2) is 66.9 Å². The molecule has 1 saturated heterocycles. The van der Waals surface area contributed by atoms with E-state index in [4.69, 9.17) is 4.98 Å². The Kier molecular flexibility index (Phi) is 5.52. The minimum Gasteiger partial charge on any atom is -0.338 e. The Labute approximate surface area is 185 Å². The van der Waals surface area contributed by atoms with E-state index in [-0.39, 0.29) is 0 Å². The first-order valence-corrected chi connectivity index (χ1v) is 11.5. The summed E-state index contributed by atoms with van der Waals surface area (Å²) in [5, 5.41) is 5.23. The number of nitrogens with zero attached hydrogens (tertiary/aromatic N) is 8. The van der Waals surface area contributed by atoms with Crippen molar-refractivity contribution in [3.63, 3.8) is 0 Å². The van der Waals surface area contributed by atoms with Gasteiger partial charge in [-0.25, -0.2) is 15.0 Å². The van der Waals surface area contributed by atoms with Crippen LogP contribution in [0.3, 0.4) is 0 Å². The Balaban J connectivity index is 1.33. The molecule has 3 aromatic heterocycles. The minimum absolute atomic E-state index is 0.606. The fraction of sp³-hybridized carbons (Fsp3) is 0.318. The van der Waals surface area contributed by atoms with E-state index < -0.39 is 0 Å². The van der Waals surface area contributed by atoms with Crippen molar-refractivity contribution in [2.24, 2.45) is 0 Å². The van der Waals surface area contributed by atoms with E-state index in [0.717, 1.165) is 55.6 Å². The van der Waals surface area contributed by atoms with E-state index in [9.17, 15) is 0 Å². The maximum Gasteiger partial charge on any atom is 0.253 e. The molecule has 0 spiro atoms. The molecule has 1 aliphatic heterocycles. The van der Waals surface area contributed by atoms with Gasteiger partial charge in [0.2, 0.25) is 11.1 Å². The van der Waals surface area contributed by atoms with Gasteiger partial charge in [0.1, 0.15) is 0 Å². The lowest BCUT2D eigenvalue weighted by Crippen LogP contribution is -2.46. The predicted octanol–water partition coefficient (Wildman–Crippen LogP) is 2.93. The van der Waals surface area contributed by atoms with Gasteiger partial charge in [-0.2, -0.15) is 9.50 Å². The molecule has 0 N–H and O–H groups in total. The zero-order chi connectivity index (χ0) is 21.2. The number of benzene rings is 1. The number of anilines is 1. The Morgan fingerprint density at radius 1 is 0.968 bits per heavy atom. The second-order valence-corrected chi connectivity index (χ2v) is 8.33. The highest BCUT2D eigenvalue weighted by Gasteiger charge is 2.20. The van der Waals surface area contributed by atoms with Crippen molar-refractivity contribution >= 4 is 23.5 Å². The third-order valence-corrected chi connectivity index (χ3v) is 6.13. The zero-order valence-corrected chi connectivity index (χ0v) is 18.5. The summed E-state index contributed by atoms with van der Waals surface area (Å²) in [6.45, 7) is 6.81. The average Bonchev–Trinajstić information content (AvgIpc) is 3.25. The quantitative estimate of drug-likeness (QED) is 0.446. The first-order chi connectivity index (χ1) is 15.2. The van der Waals surface area contributed by atoms with Gasteiger partial charge in [-0.3, -0.25) is 4.90 Å².